The summed E-state index contributed by atoms with van der Waals surface area (Å²) in [5, 5.41) is 8.46. The summed E-state index contributed by atoms with van der Waals surface area (Å²) in [5.41, 5.74) is 5.07. The van der Waals surface area contributed by atoms with Crippen molar-refractivity contribution in [3.8, 4) is 22.6 Å². The van der Waals surface area contributed by atoms with Crippen LogP contribution < -0.4 is 25.4 Å². The van der Waals surface area contributed by atoms with Gasteiger partial charge in [-0.25, -0.2) is 14.2 Å². The van der Waals surface area contributed by atoms with Crippen LogP contribution in [-0.4, -0.2) is 98.4 Å². The number of rotatable bonds is 16. The molecule has 12 nitrogen and oxygen atoms in total. The number of aromatic nitrogens is 2. The van der Waals surface area contributed by atoms with Crippen molar-refractivity contribution in [3.63, 3.8) is 0 Å². The summed E-state index contributed by atoms with van der Waals surface area (Å²) in [6, 6.07) is 17.7. The van der Waals surface area contributed by atoms with Crippen molar-refractivity contribution in [3.05, 3.63) is 89.4 Å². The predicted molar refractivity (Wildman–Crippen MR) is 200 cm³/mol. The highest BCUT2D eigenvalue weighted by Crippen LogP contribution is 2.35. The molecule has 0 unspecified atom stereocenters. The molecule has 0 atom stereocenters. The van der Waals surface area contributed by atoms with Crippen LogP contribution in [0.1, 0.15) is 29.5 Å². The summed E-state index contributed by atoms with van der Waals surface area (Å²) in [4.78, 5) is 38.8. The smallest absolute Gasteiger partial charge is 0.418 e. The zero-order chi connectivity index (χ0) is 36.9. The van der Waals surface area contributed by atoms with E-state index in [1.165, 1.54) is 18.3 Å². The molecule has 3 N–H and O–H groups in total. The standard InChI is InChI=1S/C39H48FN7O5/c1-27-7-5-8-31(28(27)2)32-12-9-29(10-14-37(48)41-17-24-50-4)25-35(32)52-39(49)45-36-15-16-42-38(44-36)43-30-11-13-34(33(40)26-30)51-23-6-18-47-21-19-46(3)20-22-47/h5,7-9,11-13,15-16,25-26H,6,10,14,17-24H2,1-4H3,(H,41,48)(H2,42,43,44,45,49). The summed E-state index contributed by atoms with van der Waals surface area (Å²) in [5.74, 6) is 0.255. The molecule has 4 aromatic rings. The van der Waals surface area contributed by atoms with Gasteiger partial charge >= 0.3 is 6.09 Å². The van der Waals surface area contributed by atoms with E-state index in [1.807, 2.05) is 44.2 Å². The van der Waals surface area contributed by atoms with Crippen LogP contribution in [0.25, 0.3) is 11.1 Å². The average Bonchev–Trinajstić information content (AvgIpc) is 3.12. The highest BCUT2D eigenvalue weighted by Gasteiger charge is 2.17. The highest BCUT2D eigenvalue weighted by atomic mass is 19.1. The molecule has 2 amide bonds. The van der Waals surface area contributed by atoms with E-state index in [0.717, 1.165) is 67.0 Å². The van der Waals surface area contributed by atoms with Gasteiger partial charge in [-0.15, -0.1) is 0 Å². The van der Waals surface area contributed by atoms with Gasteiger partial charge in [-0.2, -0.15) is 4.98 Å². The zero-order valence-corrected chi connectivity index (χ0v) is 30.3. The molecule has 0 spiro atoms. The number of amides is 2. The highest BCUT2D eigenvalue weighted by molar-refractivity contribution is 5.87. The number of anilines is 3. The van der Waals surface area contributed by atoms with E-state index in [9.17, 15) is 14.0 Å². The maximum absolute atomic E-state index is 14.9. The Bertz CT molecular complexity index is 1820. The second-order valence-corrected chi connectivity index (χ2v) is 12.8. The molecule has 0 radical (unpaired) electrons. The van der Waals surface area contributed by atoms with Gasteiger partial charge in [0, 0.05) is 76.3 Å². The summed E-state index contributed by atoms with van der Waals surface area (Å²) in [6.45, 7) is 10.4. The largest absolute Gasteiger partial charge is 0.490 e. The second-order valence-electron chi connectivity index (χ2n) is 12.8. The number of methoxy groups -OCH3 is 1. The van der Waals surface area contributed by atoms with Gasteiger partial charge in [0.15, 0.2) is 11.6 Å². The van der Waals surface area contributed by atoms with Crippen molar-refractivity contribution in [1.82, 2.24) is 25.1 Å². The first-order chi connectivity index (χ1) is 25.2. The number of ether oxygens (including phenoxy) is 3. The van der Waals surface area contributed by atoms with E-state index < -0.39 is 11.9 Å². The third-order valence-electron chi connectivity index (χ3n) is 8.96. The Hall–Kier alpha value is -5.11. The number of carbonyl (C=O) groups is 2. The van der Waals surface area contributed by atoms with Crippen LogP contribution in [0.2, 0.25) is 0 Å². The molecule has 13 heteroatoms. The number of nitrogens with zero attached hydrogens (tertiary/aromatic N) is 4. The summed E-state index contributed by atoms with van der Waals surface area (Å²) < 4.78 is 31.5. The molecular formula is C39H48FN7O5. The van der Waals surface area contributed by atoms with Crippen molar-refractivity contribution in [2.24, 2.45) is 0 Å². The van der Waals surface area contributed by atoms with E-state index >= 15 is 0 Å². The third kappa shape index (κ3) is 11.2. The first-order valence-electron chi connectivity index (χ1n) is 17.6. The van der Waals surface area contributed by atoms with Gasteiger partial charge in [-0.3, -0.25) is 10.1 Å². The van der Waals surface area contributed by atoms with Crippen molar-refractivity contribution in [2.45, 2.75) is 33.1 Å². The minimum Gasteiger partial charge on any atom is -0.490 e. The lowest BCUT2D eigenvalue weighted by atomic mass is 9.95. The quantitative estimate of drug-likeness (QED) is 0.120. The Kier molecular flexibility index (Phi) is 13.9. The molecule has 1 aliphatic rings. The molecule has 1 fully saturated rings. The van der Waals surface area contributed by atoms with E-state index in [2.05, 4.69) is 42.8 Å². The fourth-order valence-electron chi connectivity index (χ4n) is 5.80. The number of aryl methyl sites for hydroxylation is 2. The normalized spacial score (nSPS) is 13.4. The number of piperazine rings is 1. The summed E-state index contributed by atoms with van der Waals surface area (Å²) in [6.07, 6.45) is 2.25. The van der Waals surface area contributed by atoms with Gasteiger partial charge in [-0.1, -0.05) is 30.3 Å². The molecule has 1 saturated heterocycles. The fourth-order valence-corrected chi connectivity index (χ4v) is 5.80. The van der Waals surface area contributed by atoms with Crippen LogP contribution in [0, 0.1) is 19.7 Å². The number of nitrogens with one attached hydrogen (secondary N) is 3. The van der Waals surface area contributed by atoms with Crippen molar-refractivity contribution in [2.75, 3.05) is 77.3 Å². The minimum atomic E-state index is -0.758. The van der Waals surface area contributed by atoms with Crippen molar-refractivity contribution < 1.29 is 28.2 Å². The van der Waals surface area contributed by atoms with Gasteiger partial charge < -0.3 is 34.6 Å². The van der Waals surface area contributed by atoms with Gasteiger partial charge in [0.2, 0.25) is 11.9 Å². The van der Waals surface area contributed by atoms with Crippen LogP contribution in [0.5, 0.6) is 11.5 Å². The lowest BCUT2D eigenvalue weighted by Crippen LogP contribution is -2.44. The summed E-state index contributed by atoms with van der Waals surface area (Å²) >= 11 is 0. The Balaban J connectivity index is 1.20. The Labute approximate surface area is 304 Å². The molecule has 0 aliphatic carbocycles. The van der Waals surface area contributed by atoms with Crippen molar-refractivity contribution >= 4 is 29.5 Å². The predicted octanol–water partition coefficient (Wildman–Crippen LogP) is 5.97. The Morgan fingerprint density at radius 3 is 2.56 bits per heavy atom. The van der Waals surface area contributed by atoms with E-state index in [1.54, 1.807) is 25.3 Å². The summed E-state index contributed by atoms with van der Waals surface area (Å²) in [7, 11) is 3.71. The van der Waals surface area contributed by atoms with Crippen LogP contribution in [0.3, 0.4) is 0 Å². The average molecular weight is 714 g/mol. The van der Waals surface area contributed by atoms with E-state index in [0.29, 0.717) is 37.6 Å². The number of halogens is 1. The van der Waals surface area contributed by atoms with Crippen LogP contribution >= 0.6 is 0 Å². The number of hydrogen-bond donors (Lipinski definition) is 3. The van der Waals surface area contributed by atoms with E-state index in [4.69, 9.17) is 14.2 Å². The van der Waals surface area contributed by atoms with Gasteiger partial charge in [-0.05, 0) is 80.3 Å². The monoisotopic (exact) mass is 713 g/mol. The van der Waals surface area contributed by atoms with Crippen molar-refractivity contribution in [1.29, 1.82) is 0 Å². The molecule has 1 aliphatic heterocycles. The SMILES string of the molecule is COCCNC(=O)CCc1ccc(-c2cccc(C)c2C)c(OC(=O)Nc2ccnc(Nc3ccc(OCCCN4CCN(C)CC4)c(F)c3)n2)c1. The van der Waals surface area contributed by atoms with E-state index in [-0.39, 0.29) is 29.8 Å². The number of carbonyl (C=O) groups excluding carboxylic acids is 2. The first kappa shape index (κ1) is 38.1. The van der Waals surface area contributed by atoms with Gasteiger partial charge in [0.1, 0.15) is 11.6 Å². The lowest BCUT2D eigenvalue weighted by Gasteiger charge is -2.32. The lowest BCUT2D eigenvalue weighted by molar-refractivity contribution is -0.121. The van der Waals surface area contributed by atoms with Crippen LogP contribution in [-0.2, 0) is 16.0 Å². The number of hydrogen-bond acceptors (Lipinski definition) is 10. The Morgan fingerprint density at radius 1 is 0.942 bits per heavy atom. The second kappa shape index (κ2) is 18.9. The molecule has 5 rings (SSSR count). The molecule has 1 aromatic heterocycles. The van der Waals surface area contributed by atoms with Crippen LogP contribution in [0.4, 0.5) is 26.6 Å². The zero-order valence-electron chi connectivity index (χ0n) is 30.3. The molecular weight excluding hydrogens is 665 g/mol. The van der Waals surface area contributed by atoms with Crippen LogP contribution in [0.15, 0.2) is 66.9 Å². The molecule has 2 heterocycles. The van der Waals surface area contributed by atoms with Gasteiger partial charge in [0.05, 0.1) is 13.2 Å². The third-order valence-corrected chi connectivity index (χ3v) is 8.96. The topological polar surface area (TPSA) is 130 Å². The maximum Gasteiger partial charge on any atom is 0.418 e. The Morgan fingerprint density at radius 2 is 1.77 bits per heavy atom. The number of likely N-dealkylation sites (N-methyl/N-ethyl adjacent to an activating group) is 1. The molecule has 0 bridgehead atoms. The molecule has 3 aromatic carbocycles. The minimum absolute atomic E-state index is 0.0942. The fraction of sp³-hybridized carbons (Fsp3) is 0.385. The van der Waals surface area contributed by atoms with Gasteiger partial charge in [0.25, 0.3) is 0 Å². The number of benzene rings is 3. The maximum atomic E-state index is 14.9. The molecule has 0 saturated carbocycles. The molecule has 276 valence electrons. The molecule has 52 heavy (non-hydrogen) atoms. The first-order valence-corrected chi connectivity index (χ1v) is 17.6.